The molecule has 1 fully saturated rings. The predicted octanol–water partition coefficient (Wildman–Crippen LogP) is 3.18. The SMILES string of the molecule is CCOC(=O)c1ccn2c(C3CCOC3Cl)cccc12. The van der Waals surface area contributed by atoms with Crippen LogP contribution in [0.5, 0.6) is 0 Å². The number of hydrogen-bond acceptors (Lipinski definition) is 3. The van der Waals surface area contributed by atoms with Gasteiger partial charge in [0, 0.05) is 24.4 Å². The first kappa shape index (κ1) is 13.5. The number of esters is 1. The zero-order valence-corrected chi connectivity index (χ0v) is 12.0. The van der Waals surface area contributed by atoms with Gasteiger partial charge in [-0.2, -0.15) is 0 Å². The number of nitrogens with zero attached hydrogens (tertiary/aromatic N) is 1. The summed E-state index contributed by atoms with van der Waals surface area (Å²) >= 11 is 6.21. The highest BCUT2D eigenvalue weighted by atomic mass is 35.5. The van der Waals surface area contributed by atoms with Gasteiger partial charge < -0.3 is 13.9 Å². The van der Waals surface area contributed by atoms with Gasteiger partial charge in [-0.05, 0) is 31.5 Å². The van der Waals surface area contributed by atoms with Crippen molar-refractivity contribution in [1.29, 1.82) is 0 Å². The molecule has 0 aliphatic carbocycles. The van der Waals surface area contributed by atoms with Crippen molar-refractivity contribution in [2.75, 3.05) is 13.2 Å². The number of ether oxygens (including phenoxy) is 2. The van der Waals surface area contributed by atoms with Gasteiger partial charge in [0.1, 0.15) is 5.56 Å². The molecule has 0 spiro atoms. The lowest BCUT2D eigenvalue weighted by Crippen LogP contribution is -2.11. The third-order valence-electron chi connectivity index (χ3n) is 3.62. The van der Waals surface area contributed by atoms with Crippen molar-refractivity contribution in [3.8, 4) is 0 Å². The van der Waals surface area contributed by atoms with Crippen molar-refractivity contribution >= 4 is 23.1 Å². The van der Waals surface area contributed by atoms with Crippen molar-refractivity contribution in [3.63, 3.8) is 0 Å². The lowest BCUT2D eigenvalue weighted by molar-refractivity contribution is 0.0529. The van der Waals surface area contributed by atoms with E-state index >= 15 is 0 Å². The normalized spacial score (nSPS) is 22.3. The first-order valence-corrected chi connectivity index (χ1v) is 7.18. The molecular weight excluding hydrogens is 278 g/mol. The molecule has 0 aromatic carbocycles. The van der Waals surface area contributed by atoms with Crippen LogP contribution in [0.2, 0.25) is 0 Å². The van der Waals surface area contributed by atoms with Crippen LogP contribution >= 0.6 is 11.6 Å². The summed E-state index contributed by atoms with van der Waals surface area (Å²) in [5.41, 5.74) is 2.18. The average molecular weight is 294 g/mol. The molecule has 5 heteroatoms. The molecule has 2 unspecified atom stereocenters. The summed E-state index contributed by atoms with van der Waals surface area (Å²) in [5, 5.41) is 0. The maximum atomic E-state index is 11.9. The van der Waals surface area contributed by atoms with Gasteiger partial charge in [-0.25, -0.2) is 4.79 Å². The Morgan fingerprint density at radius 3 is 3.05 bits per heavy atom. The van der Waals surface area contributed by atoms with Crippen molar-refractivity contribution in [3.05, 3.63) is 41.7 Å². The fourth-order valence-electron chi connectivity index (χ4n) is 2.68. The Morgan fingerprint density at radius 2 is 2.35 bits per heavy atom. The van der Waals surface area contributed by atoms with Gasteiger partial charge in [0.2, 0.25) is 0 Å². The second-order valence-corrected chi connectivity index (χ2v) is 5.20. The number of rotatable bonds is 3. The summed E-state index contributed by atoms with van der Waals surface area (Å²) in [6.45, 7) is 2.84. The number of carbonyl (C=O) groups excluding carboxylic acids is 1. The van der Waals surface area contributed by atoms with Crippen LogP contribution in [0.3, 0.4) is 0 Å². The third kappa shape index (κ3) is 2.19. The van der Waals surface area contributed by atoms with Crippen LogP contribution in [0, 0.1) is 0 Å². The fraction of sp³-hybridized carbons (Fsp3) is 0.400. The molecule has 3 rings (SSSR count). The summed E-state index contributed by atoms with van der Waals surface area (Å²) in [6, 6.07) is 7.66. The fourth-order valence-corrected chi connectivity index (χ4v) is 3.02. The van der Waals surface area contributed by atoms with Crippen molar-refractivity contribution in [2.24, 2.45) is 0 Å². The van der Waals surface area contributed by atoms with E-state index < -0.39 is 0 Å². The zero-order chi connectivity index (χ0) is 14.1. The van der Waals surface area contributed by atoms with E-state index in [4.69, 9.17) is 21.1 Å². The minimum absolute atomic E-state index is 0.141. The summed E-state index contributed by atoms with van der Waals surface area (Å²) in [5.74, 6) is -0.153. The van der Waals surface area contributed by atoms with Crippen LogP contribution < -0.4 is 0 Å². The van der Waals surface area contributed by atoms with Crippen LogP contribution in [-0.2, 0) is 9.47 Å². The molecule has 1 aliphatic heterocycles. The van der Waals surface area contributed by atoms with Crippen molar-refractivity contribution in [1.82, 2.24) is 4.40 Å². The molecule has 0 N–H and O–H groups in total. The first-order chi connectivity index (χ1) is 9.72. The highest BCUT2D eigenvalue weighted by molar-refractivity contribution is 6.20. The Morgan fingerprint density at radius 1 is 1.50 bits per heavy atom. The van der Waals surface area contributed by atoms with Crippen molar-refractivity contribution < 1.29 is 14.3 Å². The largest absolute Gasteiger partial charge is 0.462 e. The molecule has 3 heterocycles. The Bertz CT molecular complexity index is 637. The van der Waals surface area contributed by atoms with Crippen LogP contribution in [0.4, 0.5) is 0 Å². The van der Waals surface area contributed by atoms with Crippen molar-refractivity contribution in [2.45, 2.75) is 24.8 Å². The van der Waals surface area contributed by atoms with E-state index in [0.717, 1.165) is 17.6 Å². The van der Waals surface area contributed by atoms with E-state index in [1.807, 2.05) is 28.8 Å². The molecule has 0 saturated carbocycles. The minimum Gasteiger partial charge on any atom is -0.462 e. The number of fused-ring (bicyclic) bond motifs is 1. The van der Waals surface area contributed by atoms with Gasteiger partial charge in [-0.3, -0.25) is 0 Å². The first-order valence-electron chi connectivity index (χ1n) is 6.75. The molecule has 1 aliphatic rings. The monoisotopic (exact) mass is 293 g/mol. The third-order valence-corrected chi connectivity index (χ3v) is 4.05. The summed E-state index contributed by atoms with van der Waals surface area (Å²) < 4.78 is 12.5. The molecule has 4 nitrogen and oxygen atoms in total. The average Bonchev–Trinajstić information content (AvgIpc) is 3.04. The molecule has 2 atom stereocenters. The van der Waals surface area contributed by atoms with Crippen LogP contribution in [0.25, 0.3) is 5.52 Å². The van der Waals surface area contributed by atoms with E-state index in [2.05, 4.69) is 0 Å². The van der Waals surface area contributed by atoms with E-state index in [1.165, 1.54) is 0 Å². The number of hydrogen-bond donors (Lipinski definition) is 0. The highest BCUT2D eigenvalue weighted by Gasteiger charge is 2.29. The van der Waals surface area contributed by atoms with Gasteiger partial charge in [-0.1, -0.05) is 17.7 Å². The van der Waals surface area contributed by atoms with Gasteiger partial charge in [-0.15, -0.1) is 0 Å². The van der Waals surface area contributed by atoms with Gasteiger partial charge in [0.15, 0.2) is 0 Å². The Kier molecular flexibility index (Phi) is 3.68. The molecule has 0 bridgehead atoms. The molecule has 0 radical (unpaired) electrons. The lowest BCUT2D eigenvalue weighted by Gasteiger charge is -2.15. The number of carbonyl (C=O) groups is 1. The standard InChI is InChI=1S/C15H16ClNO3/c1-2-19-15(18)11-6-8-17-12(4-3-5-13(11)17)10-7-9-20-14(10)16/h3-6,8,10,14H,2,7,9H2,1H3. The van der Waals surface area contributed by atoms with Gasteiger partial charge in [0.25, 0.3) is 0 Å². The number of halogens is 1. The lowest BCUT2D eigenvalue weighted by atomic mass is 10.0. The number of alkyl halides is 1. The Balaban J connectivity index is 2.05. The maximum absolute atomic E-state index is 11.9. The molecule has 20 heavy (non-hydrogen) atoms. The van der Waals surface area contributed by atoms with Crippen LogP contribution in [0.1, 0.15) is 35.3 Å². The summed E-state index contributed by atoms with van der Waals surface area (Å²) in [4.78, 5) is 11.9. The quantitative estimate of drug-likeness (QED) is 0.644. The van der Waals surface area contributed by atoms with Crippen LogP contribution in [0.15, 0.2) is 30.5 Å². The van der Waals surface area contributed by atoms with Crippen LogP contribution in [-0.4, -0.2) is 29.1 Å². The molecule has 1 saturated heterocycles. The van der Waals surface area contributed by atoms with E-state index in [-0.39, 0.29) is 17.5 Å². The Hall–Kier alpha value is -1.52. The van der Waals surface area contributed by atoms with E-state index in [0.29, 0.717) is 18.8 Å². The zero-order valence-electron chi connectivity index (χ0n) is 11.2. The topological polar surface area (TPSA) is 39.9 Å². The van der Waals surface area contributed by atoms with Gasteiger partial charge >= 0.3 is 5.97 Å². The number of aromatic nitrogens is 1. The smallest absolute Gasteiger partial charge is 0.340 e. The Labute approximate surface area is 122 Å². The van der Waals surface area contributed by atoms with E-state index in [1.54, 1.807) is 13.0 Å². The number of pyridine rings is 1. The summed E-state index contributed by atoms with van der Waals surface area (Å²) in [7, 11) is 0. The molecule has 2 aromatic rings. The molecular formula is C15H16ClNO3. The minimum atomic E-state index is -0.311. The summed E-state index contributed by atoms with van der Waals surface area (Å²) in [6.07, 6.45) is 2.78. The maximum Gasteiger partial charge on any atom is 0.340 e. The van der Waals surface area contributed by atoms with Gasteiger partial charge in [0.05, 0.1) is 17.7 Å². The molecule has 0 amide bonds. The molecule has 2 aromatic heterocycles. The highest BCUT2D eigenvalue weighted by Crippen LogP contribution is 2.34. The van der Waals surface area contributed by atoms with E-state index in [9.17, 15) is 4.79 Å². The predicted molar refractivity (Wildman–Crippen MR) is 76.3 cm³/mol. The second-order valence-electron chi connectivity index (χ2n) is 4.77. The second kappa shape index (κ2) is 5.46. The molecule has 106 valence electrons.